The SMILES string of the molecule is CCC[C@@H](NCC)C(=O)O. The fraction of sp³-hybridized carbons (Fsp3) is 0.857. The molecule has 2 N–H and O–H groups in total. The molecule has 0 spiro atoms. The third-order valence-corrected chi connectivity index (χ3v) is 1.33. The minimum absolute atomic E-state index is 0.352. The Morgan fingerprint density at radius 3 is 2.50 bits per heavy atom. The van der Waals surface area contributed by atoms with Crippen LogP contribution in [-0.2, 0) is 4.79 Å². The van der Waals surface area contributed by atoms with Crippen LogP contribution in [0.15, 0.2) is 0 Å². The van der Waals surface area contributed by atoms with E-state index in [1.54, 1.807) is 0 Å². The van der Waals surface area contributed by atoms with E-state index in [1.807, 2.05) is 13.8 Å². The predicted molar refractivity (Wildman–Crippen MR) is 40.0 cm³/mol. The van der Waals surface area contributed by atoms with Crippen LogP contribution in [0.1, 0.15) is 26.7 Å². The summed E-state index contributed by atoms with van der Waals surface area (Å²) in [6, 6.07) is -0.352. The van der Waals surface area contributed by atoms with Crippen molar-refractivity contribution < 1.29 is 9.90 Å². The molecule has 0 fully saturated rings. The average Bonchev–Trinajstić information content (AvgIpc) is 1.87. The standard InChI is InChI=1S/C7H15NO2/c1-3-5-6(7(9)10)8-4-2/h6,8H,3-5H2,1-2H3,(H,9,10)/t6-/m1/s1. The first-order chi connectivity index (χ1) is 4.72. The number of carboxylic acid groups (broad SMARTS) is 1. The summed E-state index contributed by atoms with van der Waals surface area (Å²) in [6.45, 7) is 4.61. The van der Waals surface area contributed by atoms with Gasteiger partial charge in [0.25, 0.3) is 0 Å². The van der Waals surface area contributed by atoms with E-state index in [1.165, 1.54) is 0 Å². The Bertz CT molecular complexity index is 97.8. The lowest BCUT2D eigenvalue weighted by Gasteiger charge is -2.10. The van der Waals surface area contributed by atoms with E-state index in [0.717, 1.165) is 13.0 Å². The third-order valence-electron chi connectivity index (χ3n) is 1.33. The van der Waals surface area contributed by atoms with Crippen LogP contribution in [0.25, 0.3) is 0 Å². The highest BCUT2D eigenvalue weighted by atomic mass is 16.4. The second kappa shape index (κ2) is 5.23. The van der Waals surface area contributed by atoms with Gasteiger partial charge in [0, 0.05) is 0 Å². The van der Waals surface area contributed by atoms with Crippen LogP contribution in [0, 0.1) is 0 Å². The van der Waals surface area contributed by atoms with Gasteiger partial charge in [-0.2, -0.15) is 0 Å². The summed E-state index contributed by atoms with van der Waals surface area (Å²) in [7, 11) is 0. The van der Waals surface area contributed by atoms with E-state index in [9.17, 15) is 4.79 Å². The van der Waals surface area contributed by atoms with E-state index >= 15 is 0 Å². The van der Waals surface area contributed by atoms with Crippen molar-refractivity contribution in [3.63, 3.8) is 0 Å². The average molecular weight is 145 g/mol. The Balaban J connectivity index is 3.61. The van der Waals surface area contributed by atoms with E-state index < -0.39 is 5.97 Å². The van der Waals surface area contributed by atoms with Crippen LogP contribution < -0.4 is 5.32 Å². The number of nitrogens with one attached hydrogen (secondary N) is 1. The number of rotatable bonds is 5. The van der Waals surface area contributed by atoms with Gasteiger partial charge in [-0.15, -0.1) is 0 Å². The molecular weight excluding hydrogens is 130 g/mol. The number of hydrogen-bond donors (Lipinski definition) is 2. The van der Waals surface area contributed by atoms with Gasteiger partial charge < -0.3 is 10.4 Å². The first-order valence-electron chi connectivity index (χ1n) is 3.68. The van der Waals surface area contributed by atoms with Crippen molar-refractivity contribution in [1.29, 1.82) is 0 Å². The summed E-state index contributed by atoms with van der Waals surface area (Å²) < 4.78 is 0. The Hall–Kier alpha value is -0.570. The van der Waals surface area contributed by atoms with Gasteiger partial charge in [0.05, 0.1) is 0 Å². The maximum Gasteiger partial charge on any atom is 0.320 e. The van der Waals surface area contributed by atoms with Gasteiger partial charge in [0.15, 0.2) is 0 Å². The van der Waals surface area contributed by atoms with E-state index in [4.69, 9.17) is 5.11 Å². The van der Waals surface area contributed by atoms with Crippen LogP contribution in [0.2, 0.25) is 0 Å². The number of carbonyl (C=O) groups is 1. The summed E-state index contributed by atoms with van der Waals surface area (Å²) in [5, 5.41) is 11.5. The first kappa shape index (κ1) is 9.43. The molecule has 0 bridgehead atoms. The highest BCUT2D eigenvalue weighted by Crippen LogP contribution is 1.95. The van der Waals surface area contributed by atoms with Gasteiger partial charge in [0.2, 0.25) is 0 Å². The molecule has 60 valence electrons. The lowest BCUT2D eigenvalue weighted by atomic mass is 10.2. The maximum atomic E-state index is 10.4. The molecule has 0 aliphatic heterocycles. The molecule has 3 nitrogen and oxygen atoms in total. The van der Waals surface area contributed by atoms with Gasteiger partial charge in [-0.3, -0.25) is 4.79 Å². The lowest BCUT2D eigenvalue weighted by molar-refractivity contribution is -0.139. The molecular formula is C7H15NO2. The van der Waals surface area contributed by atoms with Crippen LogP contribution >= 0.6 is 0 Å². The fourth-order valence-corrected chi connectivity index (χ4v) is 0.848. The summed E-state index contributed by atoms with van der Waals surface area (Å²) >= 11 is 0. The van der Waals surface area contributed by atoms with Crippen LogP contribution in [0.3, 0.4) is 0 Å². The number of likely N-dealkylation sites (N-methyl/N-ethyl adjacent to an activating group) is 1. The largest absolute Gasteiger partial charge is 0.480 e. The fourth-order valence-electron chi connectivity index (χ4n) is 0.848. The molecule has 0 saturated carbocycles. The van der Waals surface area contributed by atoms with Crippen molar-refractivity contribution in [2.24, 2.45) is 0 Å². The molecule has 3 heteroatoms. The summed E-state index contributed by atoms with van der Waals surface area (Å²) in [5.74, 6) is -0.747. The van der Waals surface area contributed by atoms with Gasteiger partial charge in [-0.1, -0.05) is 20.3 Å². The molecule has 10 heavy (non-hydrogen) atoms. The van der Waals surface area contributed by atoms with Gasteiger partial charge in [-0.05, 0) is 13.0 Å². The normalized spacial score (nSPS) is 13.0. The van der Waals surface area contributed by atoms with Crippen LogP contribution in [0.5, 0.6) is 0 Å². The van der Waals surface area contributed by atoms with Crippen LogP contribution in [-0.4, -0.2) is 23.7 Å². The molecule has 0 aromatic rings. The van der Waals surface area contributed by atoms with Crippen molar-refractivity contribution in [3.05, 3.63) is 0 Å². The molecule has 0 saturated heterocycles. The summed E-state index contributed by atoms with van der Waals surface area (Å²) in [6.07, 6.45) is 1.62. The summed E-state index contributed by atoms with van der Waals surface area (Å²) in [4.78, 5) is 10.4. The quantitative estimate of drug-likeness (QED) is 0.603. The topological polar surface area (TPSA) is 49.3 Å². The molecule has 0 aromatic carbocycles. The van der Waals surface area contributed by atoms with Gasteiger partial charge in [0.1, 0.15) is 6.04 Å². The lowest BCUT2D eigenvalue weighted by Crippen LogP contribution is -2.36. The molecule has 0 aliphatic rings. The van der Waals surface area contributed by atoms with E-state index in [2.05, 4.69) is 5.32 Å². The monoisotopic (exact) mass is 145 g/mol. The maximum absolute atomic E-state index is 10.4. The molecule has 0 rings (SSSR count). The molecule has 0 unspecified atom stereocenters. The van der Waals surface area contributed by atoms with Crippen molar-refractivity contribution in [2.75, 3.05) is 6.54 Å². The minimum Gasteiger partial charge on any atom is -0.480 e. The Labute approximate surface area is 61.4 Å². The zero-order valence-electron chi connectivity index (χ0n) is 6.55. The molecule has 0 aliphatic carbocycles. The number of hydrogen-bond acceptors (Lipinski definition) is 2. The van der Waals surface area contributed by atoms with Crippen molar-refractivity contribution in [3.8, 4) is 0 Å². The predicted octanol–water partition coefficient (Wildman–Crippen LogP) is 0.849. The first-order valence-corrected chi connectivity index (χ1v) is 3.68. The molecule has 0 amide bonds. The van der Waals surface area contributed by atoms with Crippen LogP contribution in [0.4, 0.5) is 0 Å². The molecule has 0 radical (unpaired) electrons. The third kappa shape index (κ3) is 3.45. The second-order valence-electron chi connectivity index (χ2n) is 2.24. The number of carboxylic acids is 1. The Morgan fingerprint density at radius 2 is 2.20 bits per heavy atom. The van der Waals surface area contributed by atoms with Gasteiger partial charge >= 0.3 is 5.97 Å². The van der Waals surface area contributed by atoms with Crippen molar-refractivity contribution in [1.82, 2.24) is 5.32 Å². The van der Waals surface area contributed by atoms with E-state index in [-0.39, 0.29) is 6.04 Å². The highest BCUT2D eigenvalue weighted by molar-refractivity contribution is 5.73. The summed E-state index contributed by atoms with van der Waals surface area (Å²) in [5.41, 5.74) is 0. The Kier molecular flexibility index (Phi) is 4.94. The smallest absolute Gasteiger partial charge is 0.320 e. The number of aliphatic carboxylic acids is 1. The second-order valence-corrected chi connectivity index (χ2v) is 2.24. The van der Waals surface area contributed by atoms with Crippen molar-refractivity contribution >= 4 is 5.97 Å². The van der Waals surface area contributed by atoms with Crippen molar-refractivity contribution in [2.45, 2.75) is 32.7 Å². The highest BCUT2D eigenvalue weighted by Gasteiger charge is 2.13. The minimum atomic E-state index is -0.747. The molecule has 0 aromatic heterocycles. The Morgan fingerprint density at radius 1 is 1.60 bits per heavy atom. The van der Waals surface area contributed by atoms with Gasteiger partial charge in [-0.25, -0.2) is 0 Å². The molecule has 1 atom stereocenters. The molecule has 0 heterocycles. The zero-order chi connectivity index (χ0) is 7.98. The zero-order valence-corrected chi connectivity index (χ0v) is 6.55. The van der Waals surface area contributed by atoms with E-state index in [0.29, 0.717) is 6.42 Å².